The van der Waals surface area contributed by atoms with Gasteiger partial charge >= 0.3 is 11.9 Å². The number of benzene rings is 4. The molecule has 0 unspecified atom stereocenters. The van der Waals surface area contributed by atoms with E-state index in [1.807, 2.05) is 97.1 Å². The molecule has 0 amide bonds. The Morgan fingerprint density at radius 1 is 0.576 bits per heavy atom. The Morgan fingerprint density at radius 2 is 1.02 bits per heavy atom. The topological polar surface area (TPSA) is 169 Å². The number of methoxy groups -OCH3 is 3. The first kappa shape index (κ1) is 39.7. The van der Waals surface area contributed by atoms with E-state index < -0.39 is 5.97 Å². The Kier molecular flexibility index (Phi) is 12.6. The molecule has 3 N–H and O–H groups in total. The van der Waals surface area contributed by atoms with Crippen LogP contribution < -0.4 is 39.1 Å². The van der Waals surface area contributed by atoms with Gasteiger partial charge in [-0.1, -0.05) is 36.4 Å². The molecule has 0 fully saturated rings. The van der Waals surface area contributed by atoms with E-state index >= 15 is 0 Å². The molecule has 2 aromatic heterocycles. The molecule has 302 valence electrons. The molecular weight excluding hydrogens is 757 g/mol. The number of nitrogens with one attached hydrogen (secondary N) is 2. The molecular formula is C45H42N4O10. The van der Waals surface area contributed by atoms with Crippen LogP contribution in [0.3, 0.4) is 0 Å². The van der Waals surface area contributed by atoms with Crippen LogP contribution in [0.15, 0.2) is 109 Å². The van der Waals surface area contributed by atoms with Gasteiger partial charge in [-0.2, -0.15) is 0 Å². The third kappa shape index (κ3) is 9.74. The van der Waals surface area contributed by atoms with Gasteiger partial charge in [-0.05, 0) is 83.9 Å². The van der Waals surface area contributed by atoms with E-state index in [4.69, 9.17) is 38.3 Å². The second-order valence-electron chi connectivity index (χ2n) is 13.1. The monoisotopic (exact) mass is 798 g/mol. The van der Waals surface area contributed by atoms with Crippen molar-refractivity contribution >= 4 is 34.7 Å². The Labute approximate surface area is 340 Å². The zero-order valence-corrected chi connectivity index (χ0v) is 32.7. The highest BCUT2D eigenvalue weighted by Crippen LogP contribution is 2.42. The Bertz CT molecular complexity index is 2420. The number of rotatable bonds is 12. The largest absolute Gasteiger partial charge is 0.486 e. The number of fused-ring (bicyclic) bond motifs is 2. The van der Waals surface area contributed by atoms with Crippen LogP contribution >= 0.6 is 0 Å². The Hall–Kier alpha value is -7.48. The van der Waals surface area contributed by atoms with Crippen molar-refractivity contribution in [3.05, 3.63) is 120 Å². The standard InChI is InChI=1S/C23H22N2O5.C22H20N2O5/c1-27-21(26)14-15-6-8-16(9-7-15)24-19-11-10-18(25-23(19)28-2)17-4-3-5-20-22(17)30-13-12-29-20;1-27-22-18(23-15-7-5-14(6-8-15)13-20(25)26)10-9-17(24-22)16-3-2-4-19-21(16)29-12-11-28-19/h3-11,24H,12-14H2,1-2H3;2-10,23H,11-13H2,1H3,(H,25,26). The first-order valence-corrected chi connectivity index (χ1v) is 18.7. The number of aliphatic carboxylic acids is 1. The molecule has 8 rings (SSSR count). The number of carbonyl (C=O) groups is 2. The van der Waals surface area contributed by atoms with E-state index in [0.29, 0.717) is 72.6 Å². The molecule has 0 spiro atoms. The molecule has 59 heavy (non-hydrogen) atoms. The predicted octanol–water partition coefficient (Wildman–Crippen LogP) is 7.89. The van der Waals surface area contributed by atoms with Crippen molar-refractivity contribution in [1.29, 1.82) is 0 Å². The number of carbonyl (C=O) groups excluding carboxylic acids is 1. The lowest BCUT2D eigenvalue weighted by Crippen LogP contribution is -2.16. The summed E-state index contributed by atoms with van der Waals surface area (Å²) in [6.45, 7) is 2.07. The summed E-state index contributed by atoms with van der Waals surface area (Å²) in [5.41, 5.74) is 7.83. The maximum atomic E-state index is 11.4. The number of hydrogen-bond acceptors (Lipinski definition) is 13. The van der Waals surface area contributed by atoms with Gasteiger partial charge in [-0.3, -0.25) is 9.59 Å². The zero-order valence-electron chi connectivity index (χ0n) is 32.7. The minimum absolute atomic E-state index is 0.00691. The predicted molar refractivity (Wildman–Crippen MR) is 221 cm³/mol. The van der Waals surface area contributed by atoms with E-state index in [1.165, 1.54) is 7.11 Å². The molecule has 0 saturated carbocycles. The molecule has 0 radical (unpaired) electrons. The highest BCUT2D eigenvalue weighted by Gasteiger charge is 2.20. The van der Waals surface area contributed by atoms with Crippen LogP contribution in [-0.2, 0) is 27.2 Å². The van der Waals surface area contributed by atoms with Crippen LogP contribution in [0, 0.1) is 0 Å². The third-order valence-electron chi connectivity index (χ3n) is 9.19. The molecule has 2 aliphatic heterocycles. The van der Waals surface area contributed by atoms with E-state index in [-0.39, 0.29) is 18.8 Å². The van der Waals surface area contributed by atoms with Gasteiger partial charge in [0.1, 0.15) is 37.8 Å². The summed E-state index contributed by atoms with van der Waals surface area (Å²) in [4.78, 5) is 31.5. The third-order valence-corrected chi connectivity index (χ3v) is 9.19. The maximum absolute atomic E-state index is 11.4. The molecule has 0 aliphatic carbocycles. The van der Waals surface area contributed by atoms with Crippen molar-refractivity contribution < 1.29 is 47.9 Å². The fourth-order valence-corrected chi connectivity index (χ4v) is 6.37. The summed E-state index contributed by atoms with van der Waals surface area (Å²) in [6, 6.07) is 33.8. The quantitative estimate of drug-likeness (QED) is 0.102. The van der Waals surface area contributed by atoms with Gasteiger partial charge in [-0.15, -0.1) is 0 Å². The number of nitrogens with zero attached hydrogens (tertiary/aromatic N) is 2. The normalized spacial score (nSPS) is 12.3. The van der Waals surface area contributed by atoms with Crippen LogP contribution in [0.2, 0.25) is 0 Å². The van der Waals surface area contributed by atoms with Gasteiger partial charge in [0.2, 0.25) is 11.8 Å². The van der Waals surface area contributed by atoms with Crippen LogP contribution in [0.25, 0.3) is 22.5 Å². The second-order valence-corrected chi connectivity index (χ2v) is 13.1. The van der Waals surface area contributed by atoms with Crippen molar-refractivity contribution in [3.8, 4) is 57.3 Å². The lowest BCUT2D eigenvalue weighted by Gasteiger charge is -2.21. The highest BCUT2D eigenvalue weighted by molar-refractivity contribution is 5.77. The Balaban J connectivity index is 0.000000179. The van der Waals surface area contributed by atoms with E-state index in [0.717, 1.165) is 45.0 Å². The number of esters is 1. The number of anilines is 4. The number of hydrogen-bond donors (Lipinski definition) is 3. The molecule has 4 aromatic carbocycles. The van der Waals surface area contributed by atoms with Crippen LogP contribution in [0.5, 0.6) is 34.8 Å². The van der Waals surface area contributed by atoms with Gasteiger partial charge in [0, 0.05) is 22.5 Å². The summed E-state index contributed by atoms with van der Waals surface area (Å²) in [7, 11) is 4.52. The van der Waals surface area contributed by atoms with Gasteiger partial charge in [-0.25, -0.2) is 9.97 Å². The minimum atomic E-state index is -0.857. The summed E-state index contributed by atoms with van der Waals surface area (Å²) in [6.07, 6.45) is 0.233. The average molecular weight is 799 g/mol. The number of carboxylic acids is 1. The fraction of sp³-hybridized carbons (Fsp3) is 0.200. The molecule has 0 bridgehead atoms. The summed E-state index contributed by atoms with van der Waals surface area (Å²) < 4.78 is 38.6. The van der Waals surface area contributed by atoms with Crippen molar-refractivity contribution in [3.63, 3.8) is 0 Å². The first-order valence-electron chi connectivity index (χ1n) is 18.7. The van der Waals surface area contributed by atoms with Crippen molar-refractivity contribution in [2.45, 2.75) is 12.8 Å². The van der Waals surface area contributed by atoms with Gasteiger partial charge in [0.25, 0.3) is 0 Å². The summed E-state index contributed by atoms with van der Waals surface area (Å²) >= 11 is 0. The van der Waals surface area contributed by atoms with E-state index in [2.05, 4.69) is 20.6 Å². The smallest absolute Gasteiger partial charge is 0.309 e. The summed E-state index contributed by atoms with van der Waals surface area (Å²) in [5, 5.41) is 15.4. The zero-order chi connectivity index (χ0) is 41.1. The number of pyridine rings is 2. The lowest BCUT2D eigenvalue weighted by atomic mass is 10.1. The molecule has 4 heterocycles. The molecule has 14 nitrogen and oxygen atoms in total. The highest BCUT2D eigenvalue weighted by atomic mass is 16.6. The molecule has 0 saturated heterocycles. The Morgan fingerprint density at radius 3 is 1.44 bits per heavy atom. The van der Waals surface area contributed by atoms with E-state index in [9.17, 15) is 9.59 Å². The maximum Gasteiger partial charge on any atom is 0.309 e. The van der Waals surface area contributed by atoms with Crippen molar-refractivity contribution in [1.82, 2.24) is 9.97 Å². The number of para-hydroxylation sites is 2. The molecule has 0 atom stereocenters. The van der Waals surface area contributed by atoms with Gasteiger partial charge in [0.15, 0.2) is 23.0 Å². The van der Waals surface area contributed by atoms with Crippen LogP contribution in [0.4, 0.5) is 22.7 Å². The number of ether oxygens (including phenoxy) is 7. The number of aromatic nitrogens is 2. The van der Waals surface area contributed by atoms with Crippen molar-refractivity contribution in [2.24, 2.45) is 0 Å². The van der Waals surface area contributed by atoms with Crippen LogP contribution in [-0.4, -0.2) is 74.8 Å². The first-order chi connectivity index (χ1) is 28.8. The van der Waals surface area contributed by atoms with Gasteiger partial charge in [0.05, 0.1) is 45.6 Å². The van der Waals surface area contributed by atoms with Crippen molar-refractivity contribution in [2.75, 3.05) is 58.4 Å². The van der Waals surface area contributed by atoms with Crippen LogP contribution in [0.1, 0.15) is 11.1 Å². The fourth-order valence-electron chi connectivity index (χ4n) is 6.37. The lowest BCUT2D eigenvalue weighted by molar-refractivity contribution is -0.140. The van der Waals surface area contributed by atoms with E-state index in [1.54, 1.807) is 26.4 Å². The SMILES string of the molecule is COC(=O)Cc1ccc(Nc2ccc(-c3cccc4c3OCCO4)nc2OC)cc1.COc1nc(-c2cccc3c2OCCO3)ccc1Nc1ccc(CC(=O)O)cc1. The number of carboxylic acid groups (broad SMARTS) is 1. The second kappa shape index (κ2) is 18.6. The molecule has 6 aromatic rings. The summed E-state index contributed by atoms with van der Waals surface area (Å²) in [5.74, 6) is 2.57. The minimum Gasteiger partial charge on any atom is -0.486 e. The molecule has 14 heteroatoms. The average Bonchev–Trinajstić information content (AvgIpc) is 3.27. The molecule has 2 aliphatic rings. The van der Waals surface area contributed by atoms with Gasteiger partial charge < -0.3 is 48.9 Å².